The largest absolute Gasteiger partial charge is 0.507 e. The van der Waals surface area contributed by atoms with E-state index in [2.05, 4.69) is 57.5 Å². The summed E-state index contributed by atoms with van der Waals surface area (Å²) in [6, 6.07) is 15.5. The number of fused-ring (bicyclic) bond motifs is 3. The van der Waals surface area contributed by atoms with Gasteiger partial charge in [-0.2, -0.15) is 0 Å². The fourth-order valence-corrected chi connectivity index (χ4v) is 6.16. The first-order chi connectivity index (χ1) is 16.7. The zero-order valence-electron chi connectivity index (χ0n) is 21.7. The van der Waals surface area contributed by atoms with Gasteiger partial charge in [-0.3, -0.25) is 4.79 Å². The number of ether oxygens (including phenoxy) is 1. The zero-order valence-corrected chi connectivity index (χ0v) is 24.0. The van der Waals surface area contributed by atoms with E-state index in [1.807, 2.05) is 42.5 Å². The Morgan fingerprint density at radius 1 is 0.972 bits per heavy atom. The molecule has 2 heterocycles. The molecule has 0 saturated carbocycles. The van der Waals surface area contributed by atoms with Gasteiger partial charge < -0.3 is 14.7 Å². The summed E-state index contributed by atoms with van der Waals surface area (Å²) in [6.07, 6.45) is 0. The lowest BCUT2D eigenvalue weighted by Crippen LogP contribution is -2.45. The number of phenols is 1. The van der Waals surface area contributed by atoms with Crippen LogP contribution >= 0.6 is 27.5 Å². The quantitative estimate of drug-likeness (QED) is 0.326. The van der Waals surface area contributed by atoms with Crippen molar-refractivity contribution in [3.8, 4) is 11.5 Å². The minimum Gasteiger partial charge on any atom is -0.507 e. The van der Waals surface area contributed by atoms with Crippen molar-refractivity contribution in [1.82, 2.24) is 0 Å². The number of nitrogens with zero attached hydrogens (tertiary/aromatic N) is 1. The number of hydrogen-bond acceptors (Lipinski definition) is 3. The molecule has 3 aromatic carbocycles. The number of halogens is 2. The van der Waals surface area contributed by atoms with Crippen molar-refractivity contribution < 1.29 is 14.6 Å². The maximum Gasteiger partial charge on any atom is 0.276 e. The van der Waals surface area contributed by atoms with E-state index in [1.165, 1.54) is 0 Å². The molecule has 4 nitrogen and oxygen atoms in total. The first-order valence-corrected chi connectivity index (χ1v) is 13.3. The summed E-state index contributed by atoms with van der Waals surface area (Å²) < 4.78 is 7.56. The summed E-state index contributed by atoms with van der Waals surface area (Å²) in [5, 5.41) is 12.0. The van der Waals surface area contributed by atoms with E-state index in [4.69, 9.17) is 16.3 Å². The number of aromatic hydroxyl groups is 1. The molecule has 0 fully saturated rings. The predicted molar refractivity (Wildman–Crippen MR) is 149 cm³/mol. The molecule has 1 amide bonds. The highest BCUT2D eigenvalue weighted by Gasteiger charge is 2.62. The minimum atomic E-state index is -1.29. The molecule has 0 aliphatic carbocycles. The Morgan fingerprint density at radius 3 is 2.17 bits per heavy atom. The standard InChI is InChI=1S/C30H31BrClNO3/c1-28(2,3)21-12-16(13-22(26(21)34)29(4,5)6)25-19-15-18(32)9-11-24(19)36-30(25)20-14-17(31)8-10-23(20)33(7)27(30)35/h8-15,25,34H,1-7H3/t25-,30+/m1/s1. The van der Waals surface area contributed by atoms with Gasteiger partial charge in [0.1, 0.15) is 11.5 Å². The van der Waals surface area contributed by atoms with Gasteiger partial charge in [0.2, 0.25) is 5.60 Å². The third-order valence-corrected chi connectivity index (χ3v) is 8.11. The van der Waals surface area contributed by atoms with E-state index in [-0.39, 0.29) is 16.7 Å². The molecule has 0 unspecified atom stereocenters. The number of anilines is 1. The summed E-state index contributed by atoms with van der Waals surface area (Å²) in [4.78, 5) is 15.8. The Hall–Kier alpha value is -2.50. The van der Waals surface area contributed by atoms with Crippen molar-refractivity contribution in [2.75, 3.05) is 11.9 Å². The molecule has 2 aliphatic rings. The SMILES string of the molecule is CN1C(=O)[C@]2(Oc3ccc(Cl)cc3[C@H]2c2cc(C(C)(C)C)c(O)c(C(C)(C)C)c2)c2cc(Br)ccc21. The number of carbonyl (C=O) groups is 1. The molecule has 0 radical (unpaired) electrons. The van der Waals surface area contributed by atoms with Crippen LogP contribution in [0.15, 0.2) is 53.0 Å². The van der Waals surface area contributed by atoms with Crippen molar-refractivity contribution in [3.63, 3.8) is 0 Å². The van der Waals surface area contributed by atoms with Crippen LogP contribution in [0.1, 0.15) is 75.3 Å². The molecule has 6 heteroatoms. The second-order valence-corrected chi connectivity index (χ2v) is 13.3. The van der Waals surface area contributed by atoms with Crippen LogP contribution in [0, 0.1) is 0 Å². The van der Waals surface area contributed by atoms with Crippen molar-refractivity contribution in [2.24, 2.45) is 0 Å². The van der Waals surface area contributed by atoms with E-state index >= 15 is 0 Å². The highest BCUT2D eigenvalue weighted by molar-refractivity contribution is 9.10. The number of phenolic OH excluding ortho intramolecular Hbond substituents is 1. The Bertz CT molecular complexity index is 1380. The van der Waals surface area contributed by atoms with Crippen molar-refractivity contribution >= 4 is 39.1 Å². The highest BCUT2D eigenvalue weighted by Crippen LogP contribution is 2.60. The summed E-state index contributed by atoms with van der Waals surface area (Å²) in [5.41, 5.74) is 3.15. The lowest BCUT2D eigenvalue weighted by Gasteiger charge is -2.33. The van der Waals surface area contributed by atoms with Crippen LogP contribution in [0.4, 0.5) is 5.69 Å². The molecule has 36 heavy (non-hydrogen) atoms. The Kier molecular flexibility index (Phi) is 5.59. The number of carbonyl (C=O) groups excluding carboxylic acids is 1. The van der Waals surface area contributed by atoms with Gasteiger partial charge in [0.05, 0.1) is 11.6 Å². The molecule has 188 valence electrons. The van der Waals surface area contributed by atoms with E-state index in [1.54, 1.807) is 18.0 Å². The molecule has 1 N–H and O–H groups in total. The lowest BCUT2D eigenvalue weighted by molar-refractivity contribution is -0.132. The van der Waals surface area contributed by atoms with Crippen LogP contribution in [0.3, 0.4) is 0 Å². The normalized spacial score (nSPS) is 21.1. The molecule has 5 rings (SSSR count). The molecule has 2 aliphatic heterocycles. The second-order valence-electron chi connectivity index (χ2n) is 11.9. The van der Waals surface area contributed by atoms with Gasteiger partial charge in [0.25, 0.3) is 5.91 Å². The van der Waals surface area contributed by atoms with Crippen LogP contribution < -0.4 is 9.64 Å². The molecule has 2 atom stereocenters. The van der Waals surface area contributed by atoms with Crippen LogP contribution in [-0.2, 0) is 21.2 Å². The van der Waals surface area contributed by atoms with Gasteiger partial charge in [-0.15, -0.1) is 0 Å². The predicted octanol–water partition coefficient (Wildman–Crippen LogP) is 7.80. The minimum absolute atomic E-state index is 0.129. The topological polar surface area (TPSA) is 49.8 Å². The molecular weight excluding hydrogens is 538 g/mol. The van der Waals surface area contributed by atoms with Crippen molar-refractivity contribution in [1.29, 1.82) is 0 Å². The van der Waals surface area contributed by atoms with Crippen LogP contribution in [0.2, 0.25) is 5.02 Å². The summed E-state index contributed by atoms with van der Waals surface area (Å²) in [6.45, 7) is 12.5. The van der Waals surface area contributed by atoms with E-state index in [9.17, 15) is 9.90 Å². The molecule has 0 saturated heterocycles. The van der Waals surface area contributed by atoms with Gasteiger partial charge in [-0.1, -0.05) is 81.2 Å². The number of amides is 1. The molecule has 1 spiro atoms. The van der Waals surface area contributed by atoms with E-state index in [0.29, 0.717) is 16.5 Å². The number of rotatable bonds is 1. The third-order valence-electron chi connectivity index (χ3n) is 7.38. The van der Waals surface area contributed by atoms with Crippen molar-refractivity contribution in [3.05, 3.63) is 85.8 Å². The first kappa shape index (κ1) is 25.2. The van der Waals surface area contributed by atoms with Crippen molar-refractivity contribution in [2.45, 2.75) is 63.9 Å². The van der Waals surface area contributed by atoms with Gasteiger partial charge in [0, 0.05) is 27.7 Å². The Morgan fingerprint density at radius 2 is 1.58 bits per heavy atom. The van der Waals surface area contributed by atoms with Gasteiger partial charge >= 0.3 is 0 Å². The highest BCUT2D eigenvalue weighted by atomic mass is 79.9. The number of hydrogen-bond donors (Lipinski definition) is 1. The fourth-order valence-electron chi connectivity index (χ4n) is 5.62. The maximum absolute atomic E-state index is 14.2. The summed E-state index contributed by atoms with van der Waals surface area (Å²) in [7, 11) is 1.79. The molecule has 3 aromatic rings. The Labute approximate surface area is 226 Å². The lowest BCUT2D eigenvalue weighted by atomic mass is 9.71. The average Bonchev–Trinajstić information content (AvgIpc) is 3.20. The third kappa shape index (κ3) is 3.58. The number of likely N-dealkylation sites (N-methyl/N-ethyl adjacent to an activating group) is 1. The zero-order chi connectivity index (χ0) is 26.4. The van der Waals surface area contributed by atoms with Crippen LogP contribution in [0.5, 0.6) is 11.5 Å². The summed E-state index contributed by atoms with van der Waals surface area (Å²) in [5.74, 6) is 0.354. The molecule has 0 aromatic heterocycles. The van der Waals surface area contributed by atoms with Crippen LogP contribution in [0.25, 0.3) is 0 Å². The van der Waals surface area contributed by atoms with Gasteiger partial charge in [-0.05, 0) is 63.9 Å². The molecular formula is C30H31BrClNO3. The molecule has 0 bridgehead atoms. The smallest absolute Gasteiger partial charge is 0.276 e. The van der Waals surface area contributed by atoms with Crippen LogP contribution in [-0.4, -0.2) is 18.1 Å². The second kappa shape index (κ2) is 8.00. The first-order valence-electron chi connectivity index (χ1n) is 12.1. The van der Waals surface area contributed by atoms with E-state index < -0.39 is 11.5 Å². The number of benzene rings is 3. The Balaban J connectivity index is 1.89. The fraction of sp³-hybridized carbons (Fsp3) is 0.367. The summed E-state index contributed by atoms with van der Waals surface area (Å²) >= 11 is 10.1. The van der Waals surface area contributed by atoms with Gasteiger partial charge in [-0.25, -0.2) is 0 Å². The van der Waals surface area contributed by atoms with E-state index in [0.717, 1.165) is 38.0 Å². The maximum atomic E-state index is 14.2. The monoisotopic (exact) mass is 567 g/mol. The van der Waals surface area contributed by atoms with Gasteiger partial charge in [0.15, 0.2) is 0 Å². The average molecular weight is 569 g/mol.